The molecule has 0 aliphatic heterocycles. The molecule has 0 saturated carbocycles. The minimum Gasteiger partial charge on any atom is -0.481 e. The summed E-state index contributed by atoms with van der Waals surface area (Å²) in [7, 11) is 1.61. The first-order chi connectivity index (χ1) is 8.61. The van der Waals surface area contributed by atoms with Gasteiger partial charge in [0.1, 0.15) is 0 Å². The van der Waals surface area contributed by atoms with Gasteiger partial charge >= 0.3 is 12.0 Å². The standard InChI is InChI=1S/C14H28N2O3/c1-11(10-14(2,3)4)6-8-15-13(19)16(5)9-7-12(17)18/h11H,6-10H2,1-5H3,(H,15,19)(H,17,18). The summed E-state index contributed by atoms with van der Waals surface area (Å²) in [5, 5.41) is 11.4. The number of nitrogens with one attached hydrogen (secondary N) is 1. The van der Waals surface area contributed by atoms with Gasteiger partial charge in [-0.3, -0.25) is 4.79 Å². The fourth-order valence-electron chi connectivity index (χ4n) is 2.07. The smallest absolute Gasteiger partial charge is 0.317 e. The molecule has 1 unspecified atom stereocenters. The van der Waals surface area contributed by atoms with Crippen molar-refractivity contribution >= 4 is 12.0 Å². The highest BCUT2D eigenvalue weighted by Gasteiger charge is 2.15. The molecule has 0 rings (SSSR count). The lowest BCUT2D eigenvalue weighted by atomic mass is 9.84. The van der Waals surface area contributed by atoms with E-state index >= 15 is 0 Å². The van der Waals surface area contributed by atoms with Gasteiger partial charge in [-0.15, -0.1) is 0 Å². The summed E-state index contributed by atoms with van der Waals surface area (Å²) in [6, 6.07) is -0.204. The Kier molecular flexibility index (Phi) is 7.49. The van der Waals surface area contributed by atoms with Gasteiger partial charge in [-0.1, -0.05) is 27.7 Å². The number of hydrogen-bond donors (Lipinski definition) is 2. The predicted octanol–water partition coefficient (Wildman–Crippen LogP) is 2.56. The van der Waals surface area contributed by atoms with Crippen molar-refractivity contribution in [2.45, 2.75) is 47.0 Å². The Bertz CT molecular complexity index is 298. The van der Waals surface area contributed by atoms with E-state index in [1.54, 1.807) is 7.05 Å². The highest BCUT2D eigenvalue weighted by molar-refractivity contribution is 5.74. The van der Waals surface area contributed by atoms with Gasteiger partial charge in [-0.2, -0.15) is 0 Å². The molecule has 1 atom stereocenters. The van der Waals surface area contributed by atoms with Crippen molar-refractivity contribution in [3.63, 3.8) is 0 Å². The van der Waals surface area contributed by atoms with Crippen LogP contribution in [0.2, 0.25) is 0 Å². The zero-order valence-electron chi connectivity index (χ0n) is 12.8. The molecule has 2 amide bonds. The molecule has 112 valence electrons. The Balaban J connectivity index is 3.81. The molecular weight excluding hydrogens is 244 g/mol. The van der Waals surface area contributed by atoms with E-state index in [2.05, 4.69) is 33.0 Å². The van der Waals surface area contributed by atoms with E-state index in [9.17, 15) is 9.59 Å². The van der Waals surface area contributed by atoms with Gasteiger partial charge in [0.25, 0.3) is 0 Å². The van der Waals surface area contributed by atoms with Crippen molar-refractivity contribution in [3.05, 3.63) is 0 Å². The van der Waals surface area contributed by atoms with Crippen LogP contribution in [-0.2, 0) is 4.79 Å². The molecule has 0 aliphatic carbocycles. The largest absolute Gasteiger partial charge is 0.481 e. The Morgan fingerprint density at radius 2 is 1.89 bits per heavy atom. The van der Waals surface area contributed by atoms with Crippen molar-refractivity contribution in [1.82, 2.24) is 10.2 Å². The highest BCUT2D eigenvalue weighted by atomic mass is 16.4. The van der Waals surface area contributed by atoms with Crippen LogP contribution in [0.25, 0.3) is 0 Å². The van der Waals surface area contributed by atoms with Crippen LogP contribution in [0.4, 0.5) is 4.79 Å². The average molecular weight is 272 g/mol. The van der Waals surface area contributed by atoms with Crippen LogP contribution in [-0.4, -0.2) is 42.1 Å². The molecule has 0 radical (unpaired) electrons. The third-order valence-corrected chi connectivity index (χ3v) is 2.88. The second-order valence-electron chi connectivity index (χ2n) is 6.46. The van der Waals surface area contributed by atoms with Crippen molar-refractivity contribution in [1.29, 1.82) is 0 Å². The number of urea groups is 1. The minimum absolute atomic E-state index is 0.0235. The van der Waals surface area contributed by atoms with Crippen molar-refractivity contribution in [2.75, 3.05) is 20.1 Å². The van der Waals surface area contributed by atoms with E-state index < -0.39 is 5.97 Å². The van der Waals surface area contributed by atoms with E-state index in [1.807, 2.05) is 0 Å². The van der Waals surface area contributed by atoms with Crippen LogP contribution in [0, 0.1) is 11.3 Å². The normalized spacial score (nSPS) is 12.9. The highest BCUT2D eigenvalue weighted by Crippen LogP contribution is 2.25. The van der Waals surface area contributed by atoms with E-state index in [-0.39, 0.29) is 19.0 Å². The molecule has 0 aromatic rings. The molecule has 0 bridgehead atoms. The van der Waals surface area contributed by atoms with E-state index in [0.29, 0.717) is 17.9 Å². The lowest BCUT2D eigenvalue weighted by molar-refractivity contribution is -0.137. The molecule has 0 aromatic carbocycles. The van der Waals surface area contributed by atoms with E-state index in [1.165, 1.54) is 4.90 Å². The summed E-state index contributed by atoms with van der Waals surface area (Å²) < 4.78 is 0. The number of carboxylic acid groups (broad SMARTS) is 1. The first kappa shape index (κ1) is 17.7. The molecule has 0 saturated heterocycles. The zero-order chi connectivity index (χ0) is 15.1. The summed E-state index contributed by atoms with van der Waals surface area (Å²) in [6.07, 6.45) is 2.04. The predicted molar refractivity (Wildman–Crippen MR) is 76.1 cm³/mol. The number of carboxylic acids is 1. The van der Waals surface area contributed by atoms with Gasteiger partial charge in [-0.25, -0.2) is 4.79 Å². The summed E-state index contributed by atoms with van der Waals surface area (Å²) in [6.45, 7) is 9.68. The molecule has 0 heterocycles. The second-order valence-corrected chi connectivity index (χ2v) is 6.46. The first-order valence-electron chi connectivity index (χ1n) is 6.82. The Hall–Kier alpha value is -1.26. The summed E-state index contributed by atoms with van der Waals surface area (Å²) in [4.78, 5) is 23.5. The van der Waals surface area contributed by atoms with E-state index in [0.717, 1.165) is 12.8 Å². The molecule has 2 N–H and O–H groups in total. The third kappa shape index (κ3) is 10.4. The summed E-state index contributed by atoms with van der Waals surface area (Å²) in [5.41, 5.74) is 0.307. The topological polar surface area (TPSA) is 69.6 Å². The molecule has 0 aliphatic rings. The lowest BCUT2D eigenvalue weighted by Gasteiger charge is -2.23. The summed E-state index contributed by atoms with van der Waals surface area (Å²) in [5.74, 6) is -0.330. The van der Waals surface area contributed by atoms with Gasteiger partial charge in [0.05, 0.1) is 6.42 Å². The summed E-state index contributed by atoms with van der Waals surface area (Å²) >= 11 is 0. The first-order valence-corrected chi connectivity index (χ1v) is 6.82. The van der Waals surface area contributed by atoms with Crippen molar-refractivity contribution in [3.8, 4) is 0 Å². The number of aliphatic carboxylic acids is 1. The van der Waals surface area contributed by atoms with Crippen LogP contribution in [0.5, 0.6) is 0 Å². The van der Waals surface area contributed by atoms with Crippen LogP contribution < -0.4 is 5.32 Å². The Morgan fingerprint density at radius 3 is 2.37 bits per heavy atom. The molecule has 0 fully saturated rings. The molecule has 19 heavy (non-hydrogen) atoms. The number of carbonyl (C=O) groups excluding carboxylic acids is 1. The van der Waals surface area contributed by atoms with E-state index in [4.69, 9.17) is 5.11 Å². The number of carbonyl (C=O) groups is 2. The Morgan fingerprint density at radius 1 is 1.32 bits per heavy atom. The maximum atomic E-state index is 11.6. The lowest BCUT2D eigenvalue weighted by Crippen LogP contribution is -2.39. The minimum atomic E-state index is -0.890. The van der Waals surface area contributed by atoms with Gasteiger partial charge in [-0.05, 0) is 24.2 Å². The van der Waals surface area contributed by atoms with Crippen LogP contribution in [0.3, 0.4) is 0 Å². The van der Waals surface area contributed by atoms with Crippen LogP contribution in [0.1, 0.15) is 47.0 Å². The monoisotopic (exact) mass is 272 g/mol. The number of rotatable bonds is 7. The second kappa shape index (κ2) is 8.02. The Labute approximate surface area is 116 Å². The molecule has 5 nitrogen and oxygen atoms in total. The molecule has 0 spiro atoms. The number of amides is 2. The van der Waals surface area contributed by atoms with Gasteiger partial charge in [0.2, 0.25) is 0 Å². The SMILES string of the molecule is CC(CCNC(=O)N(C)CCC(=O)O)CC(C)(C)C. The molecule has 0 aromatic heterocycles. The van der Waals surface area contributed by atoms with Crippen LogP contribution in [0.15, 0.2) is 0 Å². The van der Waals surface area contributed by atoms with Crippen molar-refractivity contribution < 1.29 is 14.7 Å². The quantitative estimate of drug-likeness (QED) is 0.748. The number of nitrogens with zero attached hydrogens (tertiary/aromatic N) is 1. The van der Waals surface area contributed by atoms with Gasteiger partial charge in [0, 0.05) is 20.1 Å². The molecule has 5 heteroatoms. The van der Waals surface area contributed by atoms with Gasteiger partial charge < -0.3 is 15.3 Å². The fourth-order valence-corrected chi connectivity index (χ4v) is 2.07. The molecular formula is C14H28N2O3. The maximum absolute atomic E-state index is 11.6. The van der Waals surface area contributed by atoms with Gasteiger partial charge in [0.15, 0.2) is 0 Å². The van der Waals surface area contributed by atoms with Crippen molar-refractivity contribution in [2.24, 2.45) is 11.3 Å². The zero-order valence-corrected chi connectivity index (χ0v) is 12.8. The maximum Gasteiger partial charge on any atom is 0.317 e. The number of hydrogen-bond acceptors (Lipinski definition) is 2. The third-order valence-electron chi connectivity index (χ3n) is 2.88. The fraction of sp³-hybridized carbons (Fsp3) is 0.857. The van der Waals surface area contributed by atoms with Crippen LogP contribution >= 0.6 is 0 Å². The average Bonchev–Trinajstić information content (AvgIpc) is 2.22.